The fourth-order valence-corrected chi connectivity index (χ4v) is 1.30. The van der Waals surface area contributed by atoms with Crippen LogP contribution in [0.25, 0.3) is 0 Å². The minimum absolute atomic E-state index is 0.241. The molecule has 0 aromatic heterocycles. The Morgan fingerprint density at radius 3 is 2.47 bits per heavy atom. The fourth-order valence-electron chi connectivity index (χ4n) is 1.30. The van der Waals surface area contributed by atoms with Gasteiger partial charge in [-0.25, -0.2) is 8.78 Å². The van der Waals surface area contributed by atoms with E-state index in [9.17, 15) is 13.6 Å². The smallest absolute Gasteiger partial charge is 0.223 e. The van der Waals surface area contributed by atoms with E-state index in [1.165, 1.54) is 6.07 Å². The van der Waals surface area contributed by atoms with Crippen LogP contribution in [-0.2, 0) is 4.79 Å². The Hall–Kier alpha value is -1.49. The average molecular weight is 243 g/mol. The zero-order valence-electron chi connectivity index (χ0n) is 9.71. The third-order valence-electron chi connectivity index (χ3n) is 2.37. The first-order chi connectivity index (χ1) is 7.95. The van der Waals surface area contributed by atoms with Crippen molar-refractivity contribution in [3.63, 3.8) is 0 Å². The van der Waals surface area contributed by atoms with Crippen LogP contribution in [-0.4, -0.2) is 17.6 Å². The highest BCUT2D eigenvalue weighted by Crippen LogP contribution is 2.16. The summed E-state index contributed by atoms with van der Waals surface area (Å²) in [6, 6.07) is 2.55. The number of nitrogens with one attached hydrogen (secondary N) is 1. The van der Waals surface area contributed by atoms with Gasteiger partial charge in [-0.05, 0) is 17.7 Å². The molecular formula is C12H15F2NO2. The Morgan fingerprint density at radius 1 is 1.35 bits per heavy atom. The monoisotopic (exact) mass is 243 g/mol. The first-order valence-corrected chi connectivity index (χ1v) is 5.32. The highest BCUT2D eigenvalue weighted by Gasteiger charge is 2.17. The third kappa shape index (κ3) is 3.49. The fraction of sp³-hybridized carbons (Fsp3) is 0.417. The Kier molecular flexibility index (Phi) is 4.57. The minimum Gasteiger partial charge on any atom is -0.394 e. The lowest BCUT2D eigenvalue weighted by molar-refractivity contribution is -0.125. The van der Waals surface area contributed by atoms with Crippen LogP contribution >= 0.6 is 0 Å². The number of hydrogen-bond donors (Lipinski definition) is 2. The molecular weight excluding hydrogens is 228 g/mol. The SMILES string of the molecule is CC(C)C(=O)NC(CO)c1ccc(F)c(F)c1. The molecule has 0 aliphatic rings. The van der Waals surface area contributed by atoms with Crippen LogP contribution in [0.4, 0.5) is 8.78 Å². The quantitative estimate of drug-likeness (QED) is 0.846. The van der Waals surface area contributed by atoms with Gasteiger partial charge in [0.15, 0.2) is 11.6 Å². The van der Waals surface area contributed by atoms with E-state index in [4.69, 9.17) is 5.11 Å². The van der Waals surface area contributed by atoms with E-state index in [1.54, 1.807) is 13.8 Å². The Labute approximate surface area is 98.5 Å². The molecule has 3 nitrogen and oxygen atoms in total. The maximum Gasteiger partial charge on any atom is 0.223 e. The summed E-state index contributed by atoms with van der Waals surface area (Å²) in [5, 5.41) is 11.7. The van der Waals surface area contributed by atoms with E-state index in [0.717, 1.165) is 12.1 Å². The molecule has 1 unspecified atom stereocenters. The topological polar surface area (TPSA) is 49.3 Å². The molecule has 1 aromatic rings. The second-order valence-electron chi connectivity index (χ2n) is 4.07. The van der Waals surface area contributed by atoms with Crippen LogP contribution in [0.15, 0.2) is 18.2 Å². The molecule has 0 saturated heterocycles. The van der Waals surface area contributed by atoms with Gasteiger partial charge in [0.25, 0.3) is 0 Å². The summed E-state index contributed by atoms with van der Waals surface area (Å²) in [6.45, 7) is 3.04. The second kappa shape index (κ2) is 5.72. The molecule has 5 heteroatoms. The van der Waals surface area contributed by atoms with Gasteiger partial charge in [-0.15, -0.1) is 0 Å². The van der Waals surface area contributed by atoms with Crippen molar-refractivity contribution >= 4 is 5.91 Å². The Bertz CT molecular complexity index is 407. The third-order valence-corrected chi connectivity index (χ3v) is 2.37. The first-order valence-electron chi connectivity index (χ1n) is 5.32. The molecule has 0 bridgehead atoms. The zero-order valence-corrected chi connectivity index (χ0v) is 9.71. The van der Waals surface area contributed by atoms with Gasteiger partial charge in [-0.2, -0.15) is 0 Å². The van der Waals surface area contributed by atoms with E-state index in [0.29, 0.717) is 5.56 Å². The van der Waals surface area contributed by atoms with Crippen LogP contribution in [0.1, 0.15) is 25.5 Å². The molecule has 0 aliphatic carbocycles. The number of carbonyl (C=O) groups is 1. The van der Waals surface area contributed by atoms with Crippen LogP contribution < -0.4 is 5.32 Å². The van der Waals surface area contributed by atoms with Gasteiger partial charge >= 0.3 is 0 Å². The number of aliphatic hydroxyl groups excluding tert-OH is 1. The number of rotatable bonds is 4. The second-order valence-corrected chi connectivity index (χ2v) is 4.07. The summed E-state index contributed by atoms with van der Waals surface area (Å²) in [5.74, 6) is -2.46. The van der Waals surface area contributed by atoms with E-state index in [2.05, 4.69) is 5.32 Å². The van der Waals surface area contributed by atoms with Crippen molar-refractivity contribution in [2.75, 3.05) is 6.61 Å². The van der Waals surface area contributed by atoms with Crippen molar-refractivity contribution < 1.29 is 18.7 Å². The number of carbonyl (C=O) groups excluding carboxylic acids is 1. The lowest BCUT2D eigenvalue weighted by atomic mass is 10.1. The number of halogens is 2. The molecule has 0 fully saturated rings. The van der Waals surface area contributed by atoms with Gasteiger partial charge in [0.2, 0.25) is 5.91 Å². The predicted molar refractivity (Wildman–Crippen MR) is 59.2 cm³/mol. The largest absolute Gasteiger partial charge is 0.394 e. The van der Waals surface area contributed by atoms with Crippen LogP contribution in [0.3, 0.4) is 0 Å². The molecule has 1 amide bonds. The minimum atomic E-state index is -1.00. The summed E-state index contributed by atoms with van der Waals surface area (Å²) >= 11 is 0. The van der Waals surface area contributed by atoms with Gasteiger partial charge in [-0.3, -0.25) is 4.79 Å². The van der Waals surface area contributed by atoms with Crippen LogP contribution in [0.5, 0.6) is 0 Å². The Balaban J connectivity index is 2.86. The summed E-state index contributed by atoms with van der Waals surface area (Å²) in [5.41, 5.74) is 0.334. The van der Waals surface area contributed by atoms with Crippen molar-refractivity contribution in [2.45, 2.75) is 19.9 Å². The van der Waals surface area contributed by atoms with Gasteiger partial charge in [0.1, 0.15) is 0 Å². The van der Waals surface area contributed by atoms with Crippen molar-refractivity contribution in [1.29, 1.82) is 0 Å². The van der Waals surface area contributed by atoms with Crippen LogP contribution in [0.2, 0.25) is 0 Å². The molecule has 0 heterocycles. The molecule has 0 saturated carbocycles. The van der Waals surface area contributed by atoms with Crippen LogP contribution in [0, 0.1) is 17.6 Å². The van der Waals surface area contributed by atoms with Gasteiger partial charge in [0, 0.05) is 5.92 Å². The molecule has 1 aromatic carbocycles. The van der Waals surface area contributed by atoms with E-state index in [1.807, 2.05) is 0 Å². The molecule has 0 radical (unpaired) electrons. The van der Waals surface area contributed by atoms with Crippen molar-refractivity contribution in [2.24, 2.45) is 5.92 Å². The van der Waals surface area contributed by atoms with E-state index < -0.39 is 17.7 Å². The predicted octanol–water partition coefficient (Wildman–Crippen LogP) is 1.77. The van der Waals surface area contributed by atoms with E-state index in [-0.39, 0.29) is 18.4 Å². The lowest BCUT2D eigenvalue weighted by Gasteiger charge is -2.18. The zero-order chi connectivity index (χ0) is 13.0. The molecule has 17 heavy (non-hydrogen) atoms. The highest BCUT2D eigenvalue weighted by molar-refractivity contribution is 5.78. The number of benzene rings is 1. The van der Waals surface area contributed by atoms with Gasteiger partial charge in [-0.1, -0.05) is 19.9 Å². The molecule has 0 spiro atoms. The average Bonchev–Trinajstić information content (AvgIpc) is 2.29. The number of hydrogen-bond acceptors (Lipinski definition) is 2. The molecule has 2 N–H and O–H groups in total. The maximum atomic E-state index is 13.0. The van der Waals surface area contributed by atoms with E-state index >= 15 is 0 Å². The lowest BCUT2D eigenvalue weighted by Crippen LogP contribution is -2.33. The molecule has 94 valence electrons. The van der Waals surface area contributed by atoms with Crippen molar-refractivity contribution in [1.82, 2.24) is 5.32 Å². The number of amides is 1. The summed E-state index contributed by atoms with van der Waals surface area (Å²) in [7, 11) is 0. The van der Waals surface area contributed by atoms with Gasteiger partial charge in [0.05, 0.1) is 12.6 Å². The van der Waals surface area contributed by atoms with Crippen molar-refractivity contribution in [3.05, 3.63) is 35.4 Å². The summed E-state index contributed by atoms with van der Waals surface area (Å²) in [6.07, 6.45) is 0. The standard InChI is InChI=1S/C12H15F2NO2/c1-7(2)12(17)15-11(6-16)8-3-4-9(13)10(14)5-8/h3-5,7,11,16H,6H2,1-2H3,(H,15,17). The van der Waals surface area contributed by atoms with Gasteiger partial charge < -0.3 is 10.4 Å². The maximum absolute atomic E-state index is 13.0. The summed E-state index contributed by atoms with van der Waals surface area (Å²) < 4.78 is 25.7. The molecule has 1 rings (SSSR count). The first kappa shape index (κ1) is 13.6. The number of aliphatic hydroxyl groups is 1. The molecule has 0 aliphatic heterocycles. The normalized spacial score (nSPS) is 12.6. The molecule has 1 atom stereocenters. The summed E-state index contributed by atoms with van der Waals surface area (Å²) in [4.78, 5) is 11.4. The highest BCUT2D eigenvalue weighted by atomic mass is 19.2. The van der Waals surface area contributed by atoms with Crippen molar-refractivity contribution in [3.8, 4) is 0 Å². The Morgan fingerprint density at radius 2 is 2.00 bits per heavy atom.